The molecule has 0 fully saturated rings. The minimum absolute atomic E-state index is 0.0510. The van der Waals surface area contributed by atoms with Crippen LogP contribution in [0.5, 0.6) is 0 Å². The molecule has 1 rings (SSSR count). The molecule has 6 nitrogen and oxygen atoms in total. The lowest BCUT2D eigenvalue weighted by Gasteiger charge is -2.20. The van der Waals surface area contributed by atoms with Crippen molar-refractivity contribution in [2.24, 2.45) is 0 Å². The van der Waals surface area contributed by atoms with Gasteiger partial charge in [-0.1, -0.05) is 11.6 Å². The standard InChI is InChI=1S/C16H20ClNO5/c1-6-22-14(20)13(19)10-8-11(17)9(2)7-12(10)18-15(21)23-16(3,4)5/h7-8H,6H2,1-5H3,(H,18,21). The first-order valence-electron chi connectivity index (χ1n) is 7.06. The molecule has 0 heterocycles. The molecule has 1 aromatic rings. The number of Topliss-reactive ketones (excluding diaryl/α,β-unsaturated/α-hetero) is 1. The highest BCUT2D eigenvalue weighted by atomic mass is 35.5. The third-order valence-electron chi connectivity index (χ3n) is 2.64. The Morgan fingerprint density at radius 1 is 1.22 bits per heavy atom. The van der Waals surface area contributed by atoms with E-state index < -0.39 is 23.4 Å². The summed E-state index contributed by atoms with van der Waals surface area (Å²) in [5.74, 6) is -1.90. The molecule has 0 unspecified atom stereocenters. The predicted molar refractivity (Wildman–Crippen MR) is 87.0 cm³/mol. The number of ether oxygens (including phenoxy) is 2. The summed E-state index contributed by atoms with van der Waals surface area (Å²) >= 11 is 6.01. The van der Waals surface area contributed by atoms with Gasteiger partial charge >= 0.3 is 12.1 Å². The van der Waals surface area contributed by atoms with Gasteiger partial charge in [-0.15, -0.1) is 0 Å². The van der Waals surface area contributed by atoms with Crippen LogP contribution >= 0.6 is 11.6 Å². The Morgan fingerprint density at radius 3 is 2.35 bits per heavy atom. The zero-order chi connectivity index (χ0) is 17.8. The van der Waals surface area contributed by atoms with Crippen molar-refractivity contribution >= 4 is 35.1 Å². The van der Waals surface area contributed by atoms with E-state index in [9.17, 15) is 14.4 Å². The Balaban J connectivity index is 3.15. The maximum absolute atomic E-state index is 12.2. The van der Waals surface area contributed by atoms with Crippen LogP contribution in [0, 0.1) is 6.92 Å². The van der Waals surface area contributed by atoms with Crippen molar-refractivity contribution in [2.45, 2.75) is 40.2 Å². The fraction of sp³-hybridized carbons (Fsp3) is 0.438. The number of hydrogen-bond acceptors (Lipinski definition) is 5. The van der Waals surface area contributed by atoms with Gasteiger partial charge in [0.2, 0.25) is 0 Å². The Labute approximate surface area is 140 Å². The summed E-state index contributed by atoms with van der Waals surface area (Å²) in [5, 5.41) is 2.76. The normalized spacial score (nSPS) is 10.9. The lowest BCUT2D eigenvalue weighted by atomic mass is 10.1. The minimum atomic E-state index is -1.01. The van der Waals surface area contributed by atoms with Crippen LogP contribution < -0.4 is 5.32 Å². The maximum Gasteiger partial charge on any atom is 0.412 e. The molecule has 0 saturated heterocycles. The van der Waals surface area contributed by atoms with E-state index in [0.29, 0.717) is 10.6 Å². The van der Waals surface area contributed by atoms with Gasteiger partial charge in [0, 0.05) is 5.02 Å². The fourth-order valence-corrected chi connectivity index (χ4v) is 1.86. The zero-order valence-electron chi connectivity index (χ0n) is 13.8. The highest BCUT2D eigenvalue weighted by Gasteiger charge is 2.24. The van der Waals surface area contributed by atoms with Gasteiger partial charge in [-0.25, -0.2) is 9.59 Å². The van der Waals surface area contributed by atoms with Crippen LogP contribution in [-0.2, 0) is 14.3 Å². The first-order valence-corrected chi connectivity index (χ1v) is 7.44. The van der Waals surface area contributed by atoms with Crippen LogP contribution in [0.4, 0.5) is 10.5 Å². The van der Waals surface area contributed by atoms with E-state index in [1.165, 1.54) is 12.1 Å². The average molecular weight is 342 g/mol. The SMILES string of the molecule is CCOC(=O)C(=O)c1cc(Cl)c(C)cc1NC(=O)OC(C)(C)C. The van der Waals surface area contributed by atoms with E-state index in [-0.39, 0.29) is 17.9 Å². The van der Waals surface area contributed by atoms with Gasteiger partial charge in [-0.2, -0.15) is 0 Å². The van der Waals surface area contributed by atoms with Crippen molar-refractivity contribution in [3.05, 3.63) is 28.3 Å². The van der Waals surface area contributed by atoms with Gasteiger partial charge in [0.05, 0.1) is 17.9 Å². The number of carbonyl (C=O) groups is 3. The second-order valence-corrected chi connectivity index (χ2v) is 6.23. The second-order valence-electron chi connectivity index (χ2n) is 5.82. The largest absolute Gasteiger partial charge is 0.460 e. The Bertz CT molecular complexity index is 634. The van der Waals surface area contributed by atoms with E-state index >= 15 is 0 Å². The van der Waals surface area contributed by atoms with Crippen molar-refractivity contribution in [3.63, 3.8) is 0 Å². The third-order valence-corrected chi connectivity index (χ3v) is 3.05. The molecule has 1 aromatic carbocycles. The molecular formula is C16H20ClNO5. The molecule has 0 spiro atoms. The van der Waals surface area contributed by atoms with Gasteiger partial charge in [0.1, 0.15) is 5.60 Å². The van der Waals surface area contributed by atoms with E-state index in [1.54, 1.807) is 34.6 Å². The number of hydrogen-bond donors (Lipinski definition) is 1. The molecule has 0 aliphatic rings. The zero-order valence-corrected chi connectivity index (χ0v) is 14.5. The van der Waals surface area contributed by atoms with Crippen molar-refractivity contribution < 1.29 is 23.9 Å². The summed E-state index contributed by atoms with van der Waals surface area (Å²) in [6.45, 7) is 8.51. The van der Waals surface area contributed by atoms with E-state index in [2.05, 4.69) is 5.32 Å². The molecule has 0 radical (unpaired) electrons. The number of amides is 1. The molecule has 1 N–H and O–H groups in total. The van der Waals surface area contributed by atoms with Crippen LogP contribution in [0.15, 0.2) is 12.1 Å². The Hall–Kier alpha value is -2.08. The fourth-order valence-electron chi connectivity index (χ4n) is 1.69. The quantitative estimate of drug-likeness (QED) is 0.512. The number of halogens is 1. The topological polar surface area (TPSA) is 81.7 Å². The predicted octanol–water partition coefficient (Wildman–Crippen LogP) is 3.74. The molecule has 0 saturated carbocycles. The lowest BCUT2D eigenvalue weighted by Crippen LogP contribution is -2.28. The van der Waals surface area contributed by atoms with Crippen molar-refractivity contribution in [2.75, 3.05) is 11.9 Å². The average Bonchev–Trinajstić information content (AvgIpc) is 2.40. The maximum atomic E-state index is 12.2. The second kappa shape index (κ2) is 7.46. The van der Waals surface area contributed by atoms with Crippen LogP contribution in [0.1, 0.15) is 43.6 Å². The third kappa shape index (κ3) is 5.56. The van der Waals surface area contributed by atoms with Gasteiger partial charge in [0.15, 0.2) is 0 Å². The monoisotopic (exact) mass is 341 g/mol. The minimum Gasteiger partial charge on any atom is -0.460 e. The van der Waals surface area contributed by atoms with Crippen LogP contribution in [0.3, 0.4) is 0 Å². The van der Waals surface area contributed by atoms with Crippen LogP contribution in [0.25, 0.3) is 0 Å². The highest BCUT2D eigenvalue weighted by molar-refractivity contribution is 6.43. The summed E-state index contributed by atoms with van der Waals surface area (Å²) in [6.07, 6.45) is -0.739. The number of anilines is 1. The number of ketones is 1. The summed E-state index contributed by atoms with van der Waals surface area (Å²) in [5.41, 5.74) is 0.0267. The summed E-state index contributed by atoms with van der Waals surface area (Å²) in [6, 6.07) is 2.82. The van der Waals surface area contributed by atoms with Gasteiger partial charge < -0.3 is 9.47 Å². The highest BCUT2D eigenvalue weighted by Crippen LogP contribution is 2.26. The molecule has 0 bridgehead atoms. The Morgan fingerprint density at radius 2 is 1.83 bits per heavy atom. The van der Waals surface area contributed by atoms with Crippen molar-refractivity contribution in [3.8, 4) is 0 Å². The van der Waals surface area contributed by atoms with Crippen LogP contribution in [0.2, 0.25) is 5.02 Å². The smallest absolute Gasteiger partial charge is 0.412 e. The van der Waals surface area contributed by atoms with Gasteiger partial charge in [-0.05, 0) is 52.3 Å². The summed E-state index contributed by atoms with van der Waals surface area (Å²) in [7, 11) is 0. The molecule has 126 valence electrons. The molecule has 1 amide bonds. The molecule has 0 atom stereocenters. The van der Waals surface area contributed by atoms with Crippen molar-refractivity contribution in [1.82, 2.24) is 0 Å². The molecule has 0 aliphatic heterocycles. The van der Waals surface area contributed by atoms with Gasteiger partial charge in [-0.3, -0.25) is 10.1 Å². The van der Waals surface area contributed by atoms with Crippen molar-refractivity contribution in [1.29, 1.82) is 0 Å². The van der Waals surface area contributed by atoms with E-state index in [4.69, 9.17) is 21.1 Å². The first kappa shape index (κ1) is 19.0. The van der Waals surface area contributed by atoms with E-state index in [0.717, 1.165) is 0 Å². The van der Waals surface area contributed by atoms with Crippen LogP contribution in [-0.4, -0.2) is 30.1 Å². The summed E-state index contributed by atoms with van der Waals surface area (Å²) in [4.78, 5) is 35.7. The number of nitrogens with one attached hydrogen (secondary N) is 1. The number of aryl methyl sites for hydroxylation is 1. The van der Waals surface area contributed by atoms with E-state index in [1.807, 2.05) is 0 Å². The number of rotatable bonds is 4. The molecule has 0 aliphatic carbocycles. The Kier molecular flexibility index (Phi) is 6.15. The molecule has 0 aromatic heterocycles. The molecule has 23 heavy (non-hydrogen) atoms. The number of benzene rings is 1. The molecular weight excluding hydrogens is 322 g/mol. The van der Waals surface area contributed by atoms with Gasteiger partial charge in [0.25, 0.3) is 5.78 Å². The first-order chi connectivity index (χ1) is 10.5. The summed E-state index contributed by atoms with van der Waals surface area (Å²) < 4.78 is 9.84. The lowest BCUT2D eigenvalue weighted by molar-refractivity contribution is -0.137. The number of carbonyl (C=O) groups excluding carboxylic acids is 3. The number of esters is 1. The molecule has 7 heteroatoms.